The number of hydrogen-bond donors (Lipinski definition) is 1. The highest BCUT2D eigenvalue weighted by atomic mass is 35.5. The second kappa shape index (κ2) is 7.50. The van der Waals surface area contributed by atoms with Gasteiger partial charge in [0.15, 0.2) is 0 Å². The molecule has 7 nitrogen and oxygen atoms in total. The maximum atomic E-state index is 12.2. The Morgan fingerprint density at radius 3 is 2.88 bits per heavy atom. The number of amides is 1. The quantitative estimate of drug-likeness (QED) is 0.678. The van der Waals surface area contributed by atoms with Crippen LogP contribution in [0.5, 0.6) is 0 Å². The predicted octanol–water partition coefficient (Wildman–Crippen LogP) is 2.71. The van der Waals surface area contributed by atoms with E-state index >= 15 is 0 Å². The largest absolute Gasteiger partial charge is 0.467 e. The van der Waals surface area contributed by atoms with Gasteiger partial charge in [-0.15, -0.1) is 5.10 Å². The van der Waals surface area contributed by atoms with E-state index in [4.69, 9.17) is 16.0 Å². The first kappa shape index (κ1) is 16.5. The van der Waals surface area contributed by atoms with Crippen molar-refractivity contribution in [1.29, 1.82) is 0 Å². The van der Waals surface area contributed by atoms with Crippen LogP contribution in [0, 0.1) is 0 Å². The molecule has 1 atom stereocenters. The lowest BCUT2D eigenvalue weighted by Crippen LogP contribution is -2.30. The highest BCUT2D eigenvalue weighted by Crippen LogP contribution is 2.23. The fourth-order valence-corrected chi connectivity index (χ4v) is 2.90. The van der Waals surface area contributed by atoms with Crippen molar-refractivity contribution < 1.29 is 9.21 Å². The third kappa shape index (κ3) is 3.95. The molecule has 0 saturated heterocycles. The summed E-state index contributed by atoms with van der Waals surface area (Å²) in [4.78, 5) is 12.2. The van der Waals surface area contributed by atoms with Gasteiger partial charge in [-0.1, -0.05) is 23.4 Å². The lowest BCUT2D eigenvalue weighted by atomic mass is 10.3. The highest BCUT2D eigenvalue weighted by Gasteiger charge is 2.19. The highest BCUT2D eigenvalue weighted by molar-refractivity contribution is 8.00. The standard InChI is InChI=1S/C15H14ClN5O2S/c1-10(14(22)17-9-13-3-2-8-23-13)24-15-18-19-20-21(15)12-6-4-11(16)5-7-12/h2-8,10H,9H2,1H3,(H,17,22)/t10-/m0/s1. The lowest BCUT2D eigenvalue weighted by Gasteiger charge is -2.11. The molecule has 0 unspecified atom stereocenters. The van der Waals surface area contributed by atoms with Crippen molar-refractivity contribution in [3.05, 3.63) is 53.4 Å². The summed E-state index contributed by atoms with van der Waals surface area (Å²) in [6, 6.07) is 10.7. The van der Waals surface area contributed by atoms with E-state index in [0.29, 0.717) is 22.5 Å². The van der Waals surface area contributed by atoms with Gasteiger partial charge in [-0.05, 0) is 53.7 Å². The number of furan rings is 1. The lowest BCUT2D eigenvalue weighted by molar-refractivity contribution is -0.120. The maximum Gasteiger partial charge on any atom is 0.233 e. The fraction of sp³-hybridized carbons (Fsp3) is 0.200. The number of aromatic nitrogens is 4. The molecule has 3 rings (SSSR count). The molecule has 1 aromatic carbocycles. The van der Waals surface area contributed by atoms with E-state index in [-0.39, 0.29) is 11.2 Å². The predicted molar refractivity (Wildman–Crippen MR) is 90.0 cm³/mol. The number of carbonyl (C=O) groups is 1. The third-order valence-corrected chi connectivity index (χ3v) is 4.47. The van der Waals surface area contributed by atoms with Crippen molar-refractivity contribution in [2.75, 3.05) is 0 Å². The molecular weight excluding hydrogens is 350 g/mol. The summed E-state index contributed by atoms with van der Waals surface area (Å²) in [5.74, 6) is 0.577. The molecule has 0 bridgehead atoms. The molecule has 3 aromatic rings. The van der Waals surface area contributed by atoms with Crippen LogP contribution >= 0.6 is 23.4 Å². The number of hydrogen-bond acceptors (Lipinski definition) is 6. The van der Waals surface area contributed by atoms with Crippen molar-refractivity contribution in [1.82, 2.24) is 25.5 Å². The topological polar surface area (TPSA) is 85.8 Å². The van der Waals surface area contributed by atoms with Crippen molar-refractivity contribution in [3.8, 4) is 5.69 Å². The zero-order chi connectivity index (χ0) is 16.9. The van der Waals surface area contributed by atoms with Gasteiger partial charge in [0.25, 0.3) is 0 Å². The van der Waals surface area contributed by atoms with Crippen LogP contribution < -0.4 is 5.32 Å². The van der Waals surface area contributed by atoms with Gasteiger partial charge in [-0.25, -0.2) is 0 Å². The molecule has 124 valence electrons. The second-order valence-electron chi connectivity index (χ2n) is 4.91. The van der Waals surface area contributed by atoms with Crippen LogP contribution in [0.2, 0.25) is 5.02 Å². The molecule has 0 saturated carbocycles. The van der Waals surface area contributed by atoms with E-state index < -0.39 is 0 Å². The Bertz CT molecular complexity index is 804. The molecule has 0 fully saturated rings. The molecule has 0 radical (unpaired) electrons. The number of carbonyl (C=O) groups excluding carboxylic acids is 1. The smallest absolute Gasteiger partial charge is 0.233 e. The molecule has 1 N–H and O–H groups in total. The van der Waals surface area contributed by atoms with E-state index in [1.165, 1.54) is 11.8 Å². The summed E-state index contributed by atoms with van der Waals surface area (Å²) in [6.07, 6.45) is 1.57. The van der Waals surface area contributed by atoms with Crippen LogP contribution in [0.25, 0.3) is 5.69 Å². The summed E-state index contributed by atoms with van der Waals surface area (Å²) in [5, 5.41) is 15.2. The van der Waals surface area contributed by atoms with Crippen molar-refractivity contribution >= 4 is 29.3 Å². The van der Waals surface area contributed by atoms with Crippen LogP contribution in [-0.4, -0.2) is 31.4 Å². The van der Waals surface area contributed by atoms with Crippen LogP contribution in [-0.2, 0) is 11.3 Å². The molecule has 0 aliphatic heterocycles. The Labute approximate surface area is 147 Å². The molecule has 24 heavy (non-hydrogen) atoms. The number of benzene rings is 1. The maximum absolute atomic E-state index is 12.2. The summed E-state index contributed by atoms with van der Waals surface area (Å²) < 4.78 is 6.75. The zero-order valence-corrected chi connectivity index (χ0v) is 14.3. The monoisotopic (exact) mass is 363 g/mol. The Balaban J connectivity index is 1.64. The molecular formula is C15H14ClN5O2S. The van der Waals surface area contributed by atoms with Gasteiger partial charge in [-0.2, -0.15) is 4.68 Å². The Morgan fingerprint density at radius 1 is 1.38 bits per heavy atom. The molecule has 2 heterocycles. The number of nitrogens with zero attached hydrogens (tertiary/aromatic N) is 4. The second-order valence-corrected chi connectivity index (χ2v) is 6.65. The van der Waals surface area contributed by atoms with Crippen LogP contribution in [0.3, 0.4) is 0 Å². The van der Waals surface area contributed by atoms with E-state index in [9.17, 15) is 4.79 Å². The number of rotatable bonds is 6. The molecule has 0 aliphatic rings. The third-order valence-electron chi connectivity index (χ3n) is 3.18. The van der Waals surface area contributed by atoms with Gasteiger partial charge in [0, 0.05) is 5.02 Å². The minimum Gasteiger partial charge on any atom is -0.467 e. The summed E-state index contributed by atoms with van der Waals surface area (Å²) in [6.45, 7) is 2.14. The van der Waals surface area contributed by atoms with Gasteiger partial charge in [0.1, 0.15) is 5.76 Å². The molecule has 9 heteroatoms. The summed E-state index contributed by atoms with van der Waals surface area (Å²) in [5.41, 5.74) is 0.773. The number of nitrogens with one attached hydrogen (secondary N) is 1. The van der Waals surface area contributed by atoms with Crippen LogP contribution in [0.4, 0.5) is 0 Å². The van der Waals surface area contributed by atoms with E-state index in [0.717, 1.165) is 5.69 Å². The van der Waals surface area contributed by atoms with Gasteiger partial charge in [0.2, 0.25) is 11.1 Å². The van der Waals surface area contributed by atoms with Gasteiger partial charge in [-0.3, -0.25) is 4.79 Å². The van der Waals surface area contributed by atoms with E-state index in [1.807, 2.05) is 12.1 Å². The minimum atomic E-state index is -0.364. The SMILES string of the molecule is C[C@H](Sc1nnnn1-c1ccc(Cl)cc1)C(=O)NCc1ccco1. The number of thioether (sulfide) groups is 1. The Hall–Kier alpha value is -2.32. The fourth-order valence-electron chi connectivity index (χ4n) is 1.94. The molecule has 1 amide bonds. The van der Waals surface area contributed by atoms with Crippen molar-refractivity contribution in [2.45, 2.75) is 23.9 Å². The van der Waals surface area contributed by atoms with E-state index in [2.05, 4.69) is 20.8 Å². The van der Waals surface area contributed by atoms with Crippen LogP contribution in [0.15, 0.2) is 52.2 Å². The van der Waals surface area contributed by atoms with Crippen molar-refractivity contribution in [2.24, 2.45) is 0 Å². The Kier molecular flexibility index (Phi) is 5.17. The average Bonchev–Trinajstić information content (AvgIpc) is 3.25. The van der Waals surface area contributed by atoms with Gasteiger partial charge in [0.05, 0.1) is 23.7 Å². The molecule has 2 aromatic heterocycles. The summed E-state index contributed by atoms with van der Waals surface area (Å²) >= 11 is 7.16. The minimum absolute atomic E-state index is 0.123. The zero-order valence-electron chi connectivity index (χ0n) is 12.7. The first-order chi connectivity index (χ1) is 11.6. The molecule has 0 aliphatic carbocycles. The Morgan fingerprint density at radius 2 is 2.17 bits per heavy atom. The average molecular weight is 364 g/mol. The normalized spacial score (nSPS) is 12.1. The van der Waals surface area contributed by atoms with Gasteiger partial charge >= 0.3 is 0 Å². The number of halogens is 1. The van der Waals surface area contributed by atoms with Crippen LogP contribution in [0.1, 0.15) is 12.7 Å². The molecule has 0 spiro atoms. The van der Waals surface area contributed by atoms with Crippen molar-refractivity contribution in [3.63, 3.8) is 0 Å². The first-order valence-electron chi connectivity index (χ1n) is 7.14. The number of tetrazole rings is 1. The van der Waals surface area contributed by atoms with E-state index in [1.54, 1.807) is 42.1 Å². The van der Waals surface area contributed by atoms with Gasteiger partial charge < -0.3 is 9.73 Å². The summed E-state index contributed by atoms with van der Waals surface area (Å²) in [7, 11) is 0. The first-order valence-corrected chi connectivity index (χ1v) is 8.40.